The molecule has 4 aromatic rings. The first-order valence-electron chi connectivity index (χ1n) is 32.8. The number of aromatic nitrogens is 5. The largest absolute Gasteiger partial charge is 0.481 e. The van der Waals surface area contributed by atoms with Crippen molar-refractivity contribution in [2.45, 2.75) is 173 Å². The van der Waals surface area contributed by atoms with Crippen molar-refractivity contribution in [3.63, 3.8) is 0 Å². The van der Waals surface area contributed by atoms with Gasteiger partial charge < -0.3 is 65.5 Å². The number of fused-ring (bicyclic) bond motifs is 2. The van der Waals surface area contributed by atoms with Gasteiger partial charge in [0.15, 0.2) is 5.78 Å². The molecule has 4 heterocycles. The first kappa shape index (κ1) is 75.7. The highest BCUT2D eigenvalue weighted by Gasteiger charge is 2.67. The molecule has 0 bridgehead atoms. The Morgan fingerprint density at radius 2 is 1.26 bits per heavy atom. The van der Waals surface area contributed by atoms with Crippen molar-refractivity contribution < 1.29 is 72.3 Å². The minimum Gasteiger partial charge on any atom is -0.481 e. The Kier molecular flexibility index (Phi) is 32.3. The van der Waals surface area contributed by atoms with Crippen LogP contribution in [0.4, 0.5) is 5.82 Å². The van der Waals surface area contributed by atoms with E-state index in [0.717, 1.165) is 63.5 Å². The van der Waals surface area contributed by atoms with Crippen LogP contribution in [0.5, 0.6) is 0 Å². The van der Waals surface area contributed by atoms with Crippen molar-refractivity contribution in [3.05, 3.63) is 64.4 Å². The fourth-order valence-electron chi connectivity index (χ4n) is 11.6. The van der Waals surface area contributed by atoms with Gasteiger partial charge in [-0.1, -0.05) is 89.2 Å². The van der Waals surface area contributed by atoms with E-state index >= 15 is 0 Å². The molecule has 1 saturated heterocycles. The van der Waals surface area contributed by atoms with Gasteiger partial charge in [0, 0.05) is 80.6 Å². The lowest BCUT2D eigenvalue weighted by Crippen LogP contribution is -2.47. The van der Waals surface area contributed by atoms with Crippen molar-refractivity contribution in [2.75, 3.05) is 91.9 Å². The zero-order valence-electron chi connectivity index (χ0n) is 54.8. The van der Waals surface area contributed by atoms with E-state index < -0.39 is 29.9 Å². The Bertz CT molecular complexity index is 3150. The summed E-state index contributed by atoms with van der Waals surface area (Å²) in [5.74, 6) is -3.48. The molecule has 0 spiro atoms. The summed E-state index contributed by atoms with van der Waals surface area (Å²) in [6, 6.07) is 7.07. The SMILES string of the molecule is CC(=O)c1nn(CC(=O)N2C3C[C@]3(CN(C)C)C[C@H]2C(=O)Nc2nc(Br)ccc2C)c2ccc(-c3cnc(CNC(=O)COCCOCCNC(=O)COCCOCCNC(=O)CC[C@H](NC(=O)CCCCCCCCCCCCCCCCC(=O)O)C(=O)O)nc3)cc12. The maximum absolute atomic E-state index is 14.3. The minimum atomic E-state index is -1.20. The molecule has 2 aliphatic rings. The van der Waals surface area contributed by atoms with Crippen LogP contribution < -0.4 is 26.6 Å². The van der Waals surface area contributed by atoms with Crippen LogP contribution in [0.25, 0.3) is 22.0 Å². The number of rotatable bonds is 48. The van der Waals surface area contributed by atoms with E-state index in [4.69, 9.17) is 24.1 Å². The van der Waals surface area contributed by atoms with Gasteiger partial charge >= 0.3 is 11.9 Å². The lowest BCUT2D eigenvalue weighted by Gasteiger charge is -2.27. The molecule has 94 heavy (non-hydrogen) atoms. The summed E-state index contributed by atoms with van der Waals surface area (Å²) in [6.45, 7) is 4.81. The monoisotopic (exact) mass is 1370 g/mol. The third-order valence-electron chi connectivity index (χ3n) is 16.5. The van der Waals surface area contributed by atoms with Crippen molar-refractivity contribution in [2.24, 2.45) is 5.41 Å². The number of carboxylic acids is 2. The Morgan fingerprint density at radius 1 is 0.681 bits per heavy atom. The molecule has 1 aliphatic carbocycles. The number of carbonyl (C=O) groups is 9. The zero-order valence-corrected chi connectivity index (χ0v) is 56.4. The van der Waals surface area contributed by atoms with Gasteiger partial charge in [-0.25, -0.2) is 19.7 Å². The number of ether oxygens (including phenoxy) is 4. The van der Waals surface area contributed by atoms with Gasteiger partial charge in [-0.2, -0.15) is 5.10 Å². The molecule has 1 saturated carbocycles. The van der Waals surface area contributed by atoms with Gasteiger partial charge in [0.25, 0.3) is 0 Å². The van der Waals surface area contributed by atoms with E-state index in [1.54, 1.807) is 35.5 Å². The average Bonchev–Trinajstić information content (AvgIpc) is 1.54. The number of carbonyl (C=O) groups excluding carboxylic acids is 7. The molecule has 1 unspecified atom stereocenters. The van der Waals surface area contributed by atoms with E-state index in [-0.39, 0.29) is 157 Å². The molecule has 1 aliphatic heterocycles. The number of benzene rings is 1. The number of piperidine rings is 1. The Morgan fingerprint density at radius 3 is 1.84 bits per heavy atom. The number of likely N-dealkylation sites (tertiary alicyclic amines) is 1. The second-order valence-electron chi connectivity index (χ2n) is 24.5. The van der Waals surface area contributed by atoms with Crippen LogP contribution in [0, 0.1) is 12.3 Å². The number of nitrogens with one attached hydrogen (secondary N) is 5. The smallest absolute Gasteiger partial charge is 0.326 e. The van der Waals surface area contributed by atoms with E-state index in [9.17, 15) is 48.3 Å². The molecule has 2 fully saturated rings. The van der Waals surface area contributed by atoms with Gasteiger partial charge in [0.2, 0.25) is 35.4 Å². The van der Waals surface area contributed by atoms with Crippen LogP contribution in [0.1, 0.15) is 157 Å². The summed E-state index contributed by atoms with van der Waals surface area (Å²) in [7, 11) is 3.96. The highest BCUT2D eigenvalue weighted by atomic mass is 79.9. The molecule has 27 nitrogen and oxygen atoms in total. The molecule has 7 N–H and O–H groups in total. The number of carboxylic acid groups (broad SMARTS) is 2. The number of anilines is 1. The number of aliphatic carboxylic acids is 2. The number of unbranched alkanes of at least 4 members (excludes halogenated alkanes) is 13. The molecule has 6 rings (SSSR count). The lowest BCUT2D eigenvalue weighted by molar-refractivity contribution is -0.142. The quantitative estimate of drug-likeness (QED) is 0.0145. The summed E-state index contributed by atoms with van der Waals surface area (Å²) in [4.78, 5) is 130. The van der Waals surface area contributed by atoms with Crippen LogP contribution in [-0.4, -0.2) is 203 Å². The summed E-state index contributed by atoms with van der Waals surface area (Å²) in [6.07, 6.45) is 19.8. The van der Waals surface area contributed by atoms with E-state index in [2.05, 4.69) is 67.5 Å². The highest BCUT2D eigenvalue weighted by molar-refractivity contribution is 9.10. The maximum atomic E-state index is 14.3. The molecule has 0 radical (unpaired) electrons. The number of pyridine rings is 1. The molecule has 3 aromatic heterocycles. The molecule has 1 aromatic carbocycles. The fourth-order valence-corrected chi connectivity index (χ4v) is 11.9. The Labute approximate surface area is 557 Å². The average molecular weight is 1380 g/mol. The summed E-state index contributed by atoms with van der Waals surface area (Å²) < 4.78 is 23.8. The van der Waals surface area contributed by atoms with Crippen LogP contribution >= 0.6 is 15.9 Å². The number of ketones is 1. The molecule has 516 valence electrons. The number of aryl methyl sites for hydroxylation is 1. The normalized spacial score (nSPS) is 16.0. The molecule has 6 amide bonds. The van der Waals surface area contributed by atoms with Crippen molar-refractivity contribution in [1.82, 2.24) is 55.8 Å². The van der Waals surface area contributed by atoms with Crippen LogP contribution in [0.3, 0.4) is 0 Å². The number of Topliss-reactive ketones (excluding diaryl/α,β-unsaturated/α-hetero) is 1. The predicted octanol–water partition coefficient (Wildman–Crippen LogP) is 6.31. The number of nitrogens with zero attached hydrogens (tertiary/aromatic N) is 7. The van der Waals surface area contributed by atoms with Crippen LogP contribution in [-0.2, 0) is 70.4 Å². The second kappa shape index (κ2) is 40.1. The predicted molar refractivity (Wildman–Crippen MR) is 352 cm³/mol. The number of hydrogen-bond acceptors (Lipinski definition) is 18. The first-order chi connectivity index (χ1) is 45.2. The number of halogens is 1. The second-order valence-corrected chi connectivity index (χ2v) is 25.3. The third-order valence-corrected chi connectivity index (χ3v) is 16.9. The van der Waals surface area contributed by atoms with Crippen molar-refractivity contribution in [3.8, 4) is 11.1 Å². The highest BCUT2D eigenvalue weighted by Crippen LogP contribution is 2.60. The fraction of sp³-hybridized carbons (Fsp3) is 0.621. The van der Waals surface area contributed by atoms with Gasteiger partial charge in [0.05, 0.1) is 51.7 Å². The van der Waals surface area contributed by atoms with Gasteiger partial charge in [-0.3, -0.25) is 43.0 Å². The van der Waals surface area contributed by atoms with Crippen molar-refractivity contribution in [1.29, 1.82) is 0 Å². The zero-order chi connectivity index (χ0) is 67.8. The molecular weight excluding hydrogens is 1280 g/mol. The topological polar surface area (TPSA) is 354 Å². The van der Waals surface area contributed by atoms with E-state index in [1.807, 2.05) is 33.2 Å². The summed E-state index contributed by atoms with van der Waals surface area (Å²) in [5, 5.41) is 37.0. The van der Waals surface area contributed by atoms with Gasteiger partial charge in [0.1, 0.15) is 53.8 Å². The van der Waals surface area contributed by atoms with Crippen LogP contribution in [0.15, 0.2) is 47.3 Å². The van der Waals surface area contributed by atoms with Gasteiger partial charge in [-0.15, -0.1) is 0 Å². The summed E-state index contributed by atoms with van der Waals surface area (Å²) >= 11 is 3.38. The standard InChI is InChI=1S/C66H95BrN12O15/c1-45-21-25-54(67)74-63(45)75-64(88)52-36-66(44-77(3)4)37-53(66)79(52)60(85)41-78-51-24-22-47(35-49(51)62(76-78)46(2)80)48-38-70-55(71-39-48)40-72-59(84)43-94-34-32-92-30-28-69-58(83)42-93-33-31-91-29-27-68-56(81)26-23-50(65(89)90)73-57(82)19-17-15-13-11-9-7-5-6-8-10-12-14-16-18-20-61(86)87/h21-22,24-25,35,38-39,50,52-53H,5-20,23,26-34,36-37,40-44H2,1-4H3,(H,68,81)(H,69,83)(H,72,84)(H,73,82)(H,86,87)(H,89,90)(H,74,75,88)/t50-,52-,53?,66-/m0/s1. The maximum Gasteiger partial charge on any atom is 0.326 e. The number of hydrogen-bond donors (Lipinski definition) is 7. The van der Waals surface area contributed by atoms with Crippen LogP contribution in [0.2, 0.25) is 0 Å². The minimum absolute atomic E-state index is 0.0406. The molecule has 28 heteroatoms. The summed E-state index contributed by atoms with van der Waals surface area (Å²) in [5.41, 5.74) is 2.69. The molecular formula is C66H95BrN12O15. The van der Waals surface area contributed by atoms with Gasteiger partial charge in [-0.05, 0) is 98.4 Å². The lowest BCUT2D eigenvalue weighted by atomic mass is 9.98. The Balaban J connectivity index is 0.753. The first-order valence-corrected chi connectivity index (χ1v) is 33.6. The Hall–Kier alpha value is -7.37. The number of amides is 6. The van der Waals surface area contributed by atoms with E-state index in [1.165, 1.54) is 50.1 Å². The molecule has 4 atom stereocenters. The third kappa shape index (κ3) is 26.1. The van der Waals surface area contributed by atoms with E-state index in [0.29, 0.717) is 51.1 Å². The van der Waals surface area contributed by atoms with Crippen molar-refractivity contribution >= 4 is 85.8 Å².